The van der Waals surface area contributed by atoms with E-state index in [0.717, 1.165) is 6.20 Å². The zero-order valence-electron chi connectivity index (χ0n) is 20.2. The zero-order chi connectivity index (χ0) is 31.8. The Morgan fingerprint density at radius 3 is 1.39 bits per heavy atom. The first-order valence-corrected chi connectivity index (χ1v) is 10.8. The summed E-state index contributed by atoms with van der Waals surface area (Å²) in [6.07, 6.45) is -14.0. The molecule has 12 nitrogen and oxygen atoms in total. The Balaban J connectivity index is 0.000000414. The number of alkyl halides is 10. The van der Waals surface area contributed by atoms with Gasteiger partial charge in [-0.05, 0) is 9.85 Å². The summed E-state index contributed by atoms with van der Waals surface area (Å²) < 4.78 is 123. The van der Waals surface area contributed by atoms with Crippen molar-refractivity contribution in [3.05, 3.63) is 44.3 Å². The van der Waals surface area contributed by atoms with Crippen LogP contribution in [0.2, 0.25) is 0 Å². The maximum absolute atomic E-state index is 12.7. The number of hydrogen-bond acceptors (Lipinski definition) is 8. The van der Waals surface area contributed by atoms with E-state index in [9.17, 15) is 73.7 Å². The molecule has 0 saturated heterocycles. The molecule has 0 spiro atoms. The monoisotopic (exact) mass is 614 g/mol. The summed E-state index contributed by atoms with van der Waals surface area (Å²) in [5.74, 6) is -9.33. The highest BCUT2D eigenvalue weighted by Crippen LogP contribution is 2.39. The predicted molar refractivity (Wildman–Crippen MR) is 113 cm³/mol. The highest BCUT2D eigenvalue weighted by atomic mass is 19.4. The normalized spacial score (nSPS) is 12.0. The minimum atomic E-state index is -5.79. The van der Waals surface area contributed by atoms with Crippen LogP contribution in [-0.4, -0.2) is 58.8 Å². The summed E-state index contributed by atoms with van der Waals surface area (Å²) in [4.78, 5) is 48.8. The molecule has 0 radical (unpaired) electrons. The van der Waals surface area contributed by atoms with Crippen molar-refractivity contribution in [1.29, 1.82) is 0 Å². The van der Waals surface area contributed by atoms with Crippen molar-refractivity contribution >= 4 is 23.2 Å². The van der Waals surface area contributed by atoms with E-state index in [4.69, 9.17) is 0 Å². The van der Waals surface area contributed by atoms with Crippen molar-refractivity contribution in [1.82, 2.24) is 19.1 Å². The summed E-state index contributed by atoms with van der Waals surface area (Å²) >= 11 is 0. The predicted octanol–water partition coefficient (Wildman–Crippen LogP) is 4.98. The van der Waals surface area contributed by atoms with Crippen LogP contribution in [-0.2, 0) is 36.0 Å². The molecule has 0 aliphatic rings. The lowest BCUT2D eigenvalue weighted by molar-refractivity contribution is -0.392. The van der Waals surface area contributed by atoms with E-state index in [1.807, 2.05) is 0 Å². The molecule has 22 heteroatoms. The second kappa shape index (κ2) is 14.0. The molecule has 0 unspecified atom stereocenters. The van der Waals surface area contributed by atoms with Gasteiger partial charge in [0.05, 0.1) is 6.42 Å². The van der Waals surface area contributed by atoms with Gasteiger partial charge in [0, 0.05) is 19.3 Å². The summed E-state index contributed by atoms with van der Waals surface area (Å²) in [6.45, 7) is -4.03. The quantitative estimate of drug-likeness (QED) is 0.174. The number of carbonyl (C=O) groups excluding carboxylic acids is 2. The van der Waals surface area contributed by atoms with Crippen LogP contribution in [0.1, 0.15) is 37.3 Å². The highest BCUT2D eigenvalue weighted by Gasteiger charge is 2.56. The summed E-state index contributed by atoms with van der Waals surface area (Å²) in [5.41, 5.74) is 0. The zero-order valence-corrected chi connectivity index (χ0v) is 20.2. The van der Waals surface area contributed by atoms with Crippen LogP contribution >= 0.6 is 0 Å². The van der Waals surface area contributed by atoms with Crippen molar-refractivity contribution < 1.29 is 63.3 Å². The Bertz CT molecular complexity index is 1240. The van der Waals surface area contributed by atoms with E-state index in [1.165, 1.54) is 0 Å². The molecule has 0 amide bonds. The summed E-state index contributed by atoms with van der Waals surface area (Å²) in [6, 6.07) is 0. The van der Waals surface area contributed by atoms with Crippen LogP contribution in [0.3, 0.4) is 0 Å². The van der Waals surface area contributed by atoms with E-state index in [1.54, 1.807) is 0 Å². The van der Waals surface area contributed by atoms with Crippen LogP contribution in [0.5, 0.6) is 0 Å². The molecule has 0 saturated carbocycles. The molecule has 0 atom stereocenters. The molecule has 0 aliphatic carbocycles. The first-order chi connectivity index (χ1) is 18.7. The van der Waals surface area contributed by atoms with Gasteiger partial charge >= 0.3 is 29.9 Å². The van der Waals surface area contributed by atoms with Gasteiger partial charge < -0.3 is 20.2 Å². The Morgan fingerprint density at radius 1 is 0.732 bits per heavy atom. The fourth-order valence-corrected chi connectivity index (χ4v) is 2.89. The first kappa shape index (κ1) is 34.9. The number of nitrogens with zero attached hydrogens (tertiary/aromatic N) is 6. The second-order valence-electron chi connectivity index (χ2n) is 7.91. The summed E-state index contributed by atoms with van der Waals surface area (Å²) in [5, 5.41) is 21.2. The third kappa shape index (κ3) is 10.4. The van der Waals surface area contributed by atoms with Crippen molar-refractivity contribution in [2.45, 2.75) is 70.4 Å². The number of hydrogen-bond donors (Lipinski definition) is 0. The molecule has 2 heterocycles. The molecule has 41 heavy (non-hydrogen) atoms. The number of rotatable bonds is 13. The number of ketones is 2. The first-order valence-electron chi connectivity index (χ1n) is 10.8. The standard InChI is InChI=1S/C10H9F6N3O3.C9H9F4N3O3/c11-3-7-17-4-8(19(21)22)18(7)5-6(20)1-2-9(12,13)10(14,15)16;10-3-7-14-4-8(16(18)19)15(7)5-6(17)1-2-9(11,12)13/h4H,1-3,5H2;4H,1-3,5H2/i11-1;10-1. The van der Waals surface area contributed by atoms with Crippen molar-refractivity contribution in [2.24, 2.45) is 0 Å². The largest absolute Gasteiger partial charge is 0.453 e. The topological polar surface area (TPSA) is 156 Å². The van der Waals surface area contributed by atoms with Crippen LogP contribution in [0.15, 0.2) is 12.4 Å². The van der Waals surface area contributed by atoms with Gasteiger partial charge in [0.15, 0.2) is 38.0 Å². The minimum absolute atomic E-state index is 0.368. The molecular weight excluding hydrogens is 596 g/mol. The lowest BCUT2D eigenvalue weighted by Gasteiger charge is -2.18. The molecular formula is C19H18F10N6O6. The fourth-order valence-electron chi connectivity index (χ4n) is 2.89. The summed E-state index contributed by atoms with van der Waals surface area (Å²) in [7, 11) is 0. The number of halogens is 10. The van der Waals surface area contributed by atoms with Crippen molar-refractivity contribution in [3.8, 4) is 0 Å². The average Bonchev–Trinajstić information content (AvgIpc) is 3.44. The second-order valence-corrected chi connectivity index (χ2v) is 7.91. The van der Waals surface area contributed by atoms with Crippen LogP contribution in [0.25, 0.3) is 0 Å². The van der Waals surface area contributed by atoms with Crippen LogP contribution in [0.4, 0.5) is 55.5 Å². The van der Waals surface area contributed by atoms with Gasteiger partial charge in [-0.15, -0.1) is 0 Å². The fraction of sp³-hybridized carbons (Fsp3) is 0.579. The Kier molecular flexibility index (Phi) is 11.9. The SMILES string of the molecule is O=C(CCC(F)(F)C(F)(F)F)Cn1c([N+](=O)[O-])cnc1C[18F].O=C(CCC(F)(F)F)Cn1c([N+](=O)[O-])cnc1C[18F]. The van der Waals surface area contributed by atoms with Gasteiger partial charge in [-0.1, -0.05) is 0 Å². The number of carbonyl (C=O) groups is 2. The average molecular weight is 614 g/mol. The van der Waals surface area contributed by atoms with Gasteiger partial charge in [0.1, 0.15) is 12.4 Å². The minimum Gasteiger partial charge on any atom is -0.358 e. The molecule has 2 aromatic rings. The molecule has 0 fully saturated rings. The lowest BCUT2D eigenvalue weighted by Crippen LogP contribution is -2.36. The van der Waals surface area contributed by atoms with E-state index < -0.39 is 109 Å². The molecule has 2 rings (SSSR count). The highest BCUT2D eigenvalue weighted by molar-refractivity contribution is 5.79. The molecule has 0 N–H and O–H groups in total. The maximum atomic E-state index is 12.7. The van der Waals surface area contributed by atoms with Gasteiger partial charge in [-0.2, -0.15) is 35.1 Å². The third-order valence-corrected chi connectivity index (χ3v) is 4.94. The van der Waals surface area contributed by atoms with E-state index in [0.29, 0.717) is 15.3 Å². The maximum Gasteiger partial charge on any atom is 0.453 e. The van der Waals surface area contributed by atoms with Crippen LogP contribution < -0.4 is 0 Å². The molecule has 0 aliphatic heterocycles. The number of imidazole rings is 2. The smallest absolute Gasteiger partial charge is 0.358 e. The number of aromatic nitrogens is 4. The van der Waals surface area contributed by atoms with Crippen molar-refractivity contribution in [2.75, 3.05) is 0 Å². The van der Waals surface area contributed by atoms with Gasteiger partial charge in [-0.3, -0.25) is 9.59 Å². The van der Waals surface area contributed by atoms with Gasteiger partial charge in [-0.25, -0.2) is 27.9 Å². The van der Waals surface area contributed by atoms with Crippen LogP contribution in [0, 0.1) is 20.2 Å². The number of nitro groups is 2. The number of Topliss-reactive ketones (excluding diaryl/α,β-unsaturated/α-hetero) is 2. The van der Waals surface area contributed by atoms with Crippen molar-refractivity contribution in [3.63, 3.8) is 0 Å². The Labute approximate surface area is 221 Å². The third-order valence-electron chi connectivity index (χ3n) is 4.94. The molecule has 0 bridgehead atoms. The molecule has 230 valence electrons. The molecule has 0 aromatic carbocycles. The van der Waals surface area contributed by atoms with E-state index in [2.05, 4.69) is 9.97 Å². The lowest BCUT2D eigenvalue weighted by atomic mass is 10.1. The van der Waals surface area contributed by atoms with Gasteiger partial charge in [0.2, 0.25) is 11.6 Å². The Hall–Kier alpha value is -4.14. The van der Waals surface area contributed by atoms with E-state index in [-0.39, 0.29) is 5.82 Å². The molecule has 2 aromatic heterocycles. The Morgan fingerprint density at radius 2 is 1.10 bits per heavy atom. The van der Waals surface area contributed by atoms with Gasteiger partial charge in [0.25, 0.3) is 0 Å². The van der Waals surface area contributed by atoms with E-state index >= 15 is 0 Å².